The van der Waals surface area contributed by atoms with E-state index < -0.39 is 28.7 Å². The van der Waals surface area contributed by atoms with Crippen molar-refractivity contribution < 1.29 is 19.4 Å². The summed E-state index contributed by atoms with van der Waals surface area (Å²) in [5.41, 5.74) is 3.44. The first-order valence-electron chi connectivity index (χ1n) is 21.3. The van der Waals surface area contributed by atoms with Gasteiger partial charge in [-0.1, -0.05) is 182 Å². The predicted octanol–water partition coefficient (Wildman–Crippen LogP) is 10.9. The first-order chi connectivity index (χ1) is 31.1. The zero-order valence-corrected chi connectivity index (χ0v) is 36.3. The summed E-state index contributed by atoms with van der Waals surface area (Å²) in [5, 5.41) is 31.7. The molecule has 6 aromatic carbocycles. The summed E-state index contributed by atoms with van der Waals surface area (Å²) in [6.45, 7) is 5.80. The highest BCUT2D eigenvalue weighted by atomic mass is 16.5. The number of aromatic nitrogens is 2. The number of carboxylic acid groups (broad SMARTS) is 1. The van der Waals surface area contributed by atoms with Crippen molar-refractivity contribution in [2.24, 2.45) is 0 Å². The SMILES string of the molecule is CC(C)(C)N(CC/C(=C/C#N)C(=O)Nc1cnn(CCOC(c2ccccc2)(c2ccccc2)c2ccccc2)c1NC(c1ccccc1)(c1ccccc1)c1ccccc1)C(=O)O. The lowest BCUT2D eigenvalue weighted by Crippen LogP contribution is -2.45. The predicted molar refractivity (Wildman–Crippen MR) is 252 cm³/mol. The van der Waals surface area contributed by atoms with E-state index in [1.165, 1.54) is 11.0 Å². The lowest BCUT2D eigenvalue weighted by molar-refractivity contribution is -0.113. The Morgan fingerprint density at radius 2 is 1.09 bits per heavy atom. The minimum atomic E-state index is -1.12. The molecule has 0 unspecified atom stereocenters. The normalized spacial score (nSPS) is 11.9. The maximum atomic E-state index is 14.3. The number of nitrogens with zero attached hydrogens (tertiary/aromatic N) is 4. The third kappa shape index (κ3) is 9.50. The van der Waals surface area contributed by atoms with Gasteiger partial charge in [-0.25, -0.2) is 9.48 Å². The van der Waals surface area contributed by atoms with Crippen molar-refractivity contribution in [1.29, 1.82) is 5.26 Å². The quantitative estimate of drug-likeness (QED) is 0.0472. The van der Waals surface area contributed by atoms with Crippen LogP contribution in [0.5, 0.6) is 0 Å². The van der Waals surface area contributed by atoms with E-state index in [0.29, 0.717) is 11.5 Å². The van der Waals surface area contributed by atoms with Gasteiger partial charge in [0.2, 0.25) is 0 Å². The molecule has 0 radical (unpaired) electrons. The van der Waals surface area contributed by atoms with E-state index >= 15 is 0 Å². The molecule has 322 valence electrons. The van der Waals surface area contributed by atoms with Gasteiger partial charge in [0.05, 0.1) is 25.4 Å². The molecule has 64 heavy (non-hydrogen) atoms. The van der Waals surface area contributed by atoms with Crippen molar-refractivity contribution in [3.8, 4) is 6.07 Å². The van der Waals surface area contributed by atoms with Crippen LogP contribution in [0.15, 0.2) is 200 Å². The lowest BCUT2D eigenvalue weighted by atomic mass is 9.77. The number of anilines is 2. The molecule has 0 fully saturated rings. The maximum absolute atomic E-state index is 14.3. The molecule has 0 saturated heterocycles. The molecule has 0 bridgehead atoms. The van der Waals surface area contributed by atoms with E-state index in [9.17, 15) is 20.0 Å². The minimum Gasteiger partial charge on any atom is -0.465 e. The molecule has 7 aromatic rings. The van der Waals surface area contributed by atoms with Crippen LogP contribution in [0.25, 0.3) is 0 Å². The van der Waals surface area contributed by atoms with Crippen molar-refractivity contribution in [3.63, 3.8) is 0 Å². The van der Waals surface area contributed by atoms with Crippen molar-refractivity contribution in [1.82, 2.24) is 14.7 Å². The second kappa shape index (κ2) is 20.0. The smallest absolute Gasteiger partial charge is 0.407 e. The summed E-state index contributed by atoms with van der Waals surface area (Å²) in [4.78, 5) is 27.8. The van der Waals surface area contributed by atoms with Gasteiger partial charge in [-0.05, 0) is 60.6 Å². The van der Waals surface area contributed by atoms with Crippen LogP contribution < -0.4 is 10.6 Å². The van der Waals surface area contributed by atoms with E-state index in [2.05, 4.69) is 83.4 Å². The van der Waals surface area contributed by atoms with Crippen LogP contribution in [0.3, 0.4) is 0 Å². The molecule has 7 rings (SSSR count). The fourth-order valence-corrected chi connectivity index (χ4v) is 8.27. The molecule has 0 spiro atoms. The van der Waals surface area contributed by atoms with E-state index in [1.54, 1.807) is 31.6 Å². The Kier molecular flexibility index (Phi) is 13.8. The zero-order chi connectivity index (χ0) is 45.0. The number of benzene rings is 6. The fourth-order valence-electron chi connectivity index (χ4n) is 8.27. The van der Waals surface area contributed by atoms with Gasteiger partial charge >= 0.3 is 6.09 Å². The van der Waals surface area contributed by atoms with Crippen LogP contribution in [-0.4, -0.2) is 50.5 Å². The maximum Gasteiger partial charge on any atom is 0.407 e. The highest BCUT2D eigenvalue weighted by Crippen LogP contribution is 2.43. The Bertz CT molecular complexity index is 2480. The molecule has 0 atom stereocenters. The van der Waals surface area contributed by atoms with Crippen molar-refractivity contribution in [2.75, 3.05) is 23.8 Å². The summed E-state index contributed by atoms with van der Waals surface area (Å²) < 4.78 is 9.01. The van der Waals surface area contributed by atoms with Gasteiger partial charge in [-0.2, -0.15) is 10.4 Å². The number of hydrogen-bond donors (Lipinski definition) is 3. The van der Waals surface area contributed by atoms with Gasteiger partial charge in [0.1, 0.15) is 22.6 Å². The summed E-state index contributed by atoms with van der Waals surface area (Å²) in [6, 6.07) is 62.8. The summed E-state index contributed by atoms with van der Waals surface area (Å²) >= 11 is 0. The number of nitrogens with one attached hydrogen (secondary N) is 2. The standard InChI is InChI=1S/C54H52N6O4/c1-52(2,3)59(51(62)63)37-35-41(34-36-55)50(61)57-48-40-56-60(38-39-64-54(45-28-16-7-17-29-45,46-30-18-8-19-31-46)47-32-20-9-21-33-47)49(48)58-53(42-22-10-4-11-23-42,43-24-12-5-13-25-43)44-26-14-6-15-27-44/h4-34,40,58H,35,37-39H2,1-3H3,(H,57,61)(H,62,63)/b41-34-. The zero-order valence-electron chi connectivity index (χ0n) is 36.3. The van der Waals surface area contributed by atoms with Crippen LogP contribution >= 0.6 is 0 Å². The highest BCUT2D eigenvalue weighted by Gasteiger charge is 2.40. The lowest BCUT2D eigenvalue weighted by Gasteiger charge is -2.38. The number of nitriles is 1. The summed E-state index contributed by atoms with van der Waals surface area (Å²) in [6.07, 6.45) is 1.65. The van der Waals surface area contributed by atoms with Crippen molar-refractivity contribution in [3.05, 3.63) is 233 Å². The Morgan fingerprint density at radius 1 is 0.688 bits per heavy atom. The molecule has 0 aliphatic heterocycles. The van der Waals surface area contributed by atoms with E-state index in [1.807, 2.05) is 115 Å². The van der Waals surface area contributed by atoms with Gasteiger partial charge in [-0.15, -0.1) is 0 Å². The number of ether oxygens (including phenoxy) is 1. The Labute approximate surface area is 375 Å². The molecule has 10 heteroatoms. The molecule has 0 aliphatic carbocycles. The van der Waals surface area contributed by atoms with Crippen LogP contribution in [0.1, 0.15) is 60.6 Å². The fraction of sp³-hybridized carbons (Fsp3) is 0.185. The van der Waals surface area contributed by atoms with Gasteiger partial charge in [0.25, 0.3) is 5.91 Å². The number of hydrogen-bond acceptors (Lipinski definition) is 6. The third-order valence-electron chi connectivity index (χ3n) is 11.4. The van der Waals surface area contributed by atoms with Gasteiger partial charge in [0.15, 0.2) is 0 Å². The molecular formula is C54H52N6O4. The van der Waals surface area contributed by atoms with E-state index in [-0.39, 0.29) is 31.7 Å². The molecule has 1 heterocycles. The number of allylic oxidation sites excluding steroid dienone is 1. The van der Waals surface area contributed by atoms with E-state index in [0.717, 1.165) is 33.4 Å². The minimum absolute atomic E-state index is 0.00655. The number of amides is 2. The first kappa shape index (κ1) is 44.3. The monoisotopic (exact) mass is 848 g/mol. The van der Waals surface area contributed by atoms with Crippen molar-refractivity contribution >= 4 is 23.5 Å². The van der Waals surface area contributed by atoms with Gasteiger partial charge in [-0.3, -0.25) is 4.79 Å². The molecular weight excluding hydrogens is 797 g/mol. The van der Waals surface area contributed by atoms with Crippen LogP contribution in [-0.2, 0) is 27.2 Å². The third-order valence-corrected chi connectivity index (χ3v) is 11.4. The summed E-state index contributed by atoms with van der Waals surface area (Å²) in [5.74, 6) is -0.0722. The number of carbonyl (C=O) groups is 2. The highest BCUT2D eigenvalue weighted by molar-refractivity contribution is 6.05. The average Bonchev–Trinajstić information content (AvgIpc) is 3.69. The van der Waals surface area contributed by atoms with Gasteiger partial charge < -0.3 is 25.4 Å². The van der Waals surface area contributed by atoms with Crippen LogP contribution in [0.2, 0.25) is 0 Å². The number of rotatable bonds is 17. The number of carbonyl (C=O) groups excluding carboxylic acids is 1. The largest absolute Gasteiger partial charge is 0.465 e. The molecule has 10 nitrogen and oxygen atoms in total. The summed E-state index contributed by atoms with van der Waals surface area (Å²) in [7, 11) is 0. The van der Waals surface area contributed by atoms with Crippen LogP contribution in [0.4, 0.5) is 16.3 Å². The van der Waals surface area contributed by atoms with Crippen molar-refractivity contribution in [2.45, 2.75) is 50.4 Å². The second-order valence-corrected chi connectivity index (χ2v) is 16.3. The topological polar surface area (TPSA) is 133 Å². The Balaban J connectivity index is 1.34. The Morgan fingerprint density at radius 3 is 1.47 bits per heavy atom. The van der Waals surface area contributed by atoms with Crippen LogP contribution in [0, 0.1) is 11.3 Å². The Hall–Kier alpha value is -7.74. The first-order valence-corrected chi connectivity index (χ1v) is 21.3. The molecule has 0 saturated carbocycles. The molecule has 2 amide bonds. The molecule has 1 aromatic heterocycles. The van der Waals surface area contributed by atoms with Gasteiger partial charge in [0, 0.05) is 23.7 Å². The molecule has 3 N–H and O–H groups in total. The average molecular weight is 849 g/mol. The second-order valence-electron chi connectivity index (χ2n) is 16.3. The van der Waals surface area contributed by atoms with E-state index in [4.69, 9.17) is 9.84 Å². The molecule has 0 aliphatic rings.